The van der Waals surface area contributed by atoms with Gasteiger partial charge in [-0.1, -0.05) is 0 Å². The minimum atomic E-state index is -0.494. The number of urea groups is 1. The molecule has 2 aliphatic rings. The lowest BCUT2D eigenvalue weighted by Gasteiger charge is -2.19. The van der Waals surface area contributed by atoms with Crippen molar-refractivity contribution < 1.29 is 19.5 Å². The number of rotatable bonds is 2. The zero-order valence-electron chi connectivity index (χ0n) is 9.63. The molecule has 2 fully saturated rings. The monoisotopic (exact) mass is 241 g/mol. The average molecular weight is 241 g/mol. The maximum absolute atomic E-state index is 11.8. The lowest BCUT2D eigenvalue weighted by atomic mass is 10.3. The molecule has 0 aromatic rings. The Balaban J connectivity index is 1.95. The third-order valence-corrected chi connectivity index (χ3v) is 3.04. The van der Waals surface area contributed by atoms with Gasteiger partial charge in [-0.05, 0) is 6.42 Å². The van der Waals surface area contributed by atoms with E-state index < -0.39 is 12.1 Å². The van der Waals surface area contributed by atoms with Crippen LogP contribution in [-0.2, 0) is 9.59 Å². The van der Waals surface area contributed by atoms with E-state index in [1.165, 1.54) is 16.8 Å². The molecule has 1 N–H and O–H groups in total. The molecule has 2 rings (SSSR count). The molecular weight excluding hydrogens is 226 g/mol. The first-order chi connectivity index (χ1) is 7.99. The summed E-state index contributed by atoms with van der Waals surface area (Å²) in [5, 5.41) is 9.31. The van der Waals surface area contributed by atoms with Gasteiger partial charge >= 0.3 is 6.03 Å². The van der Waals surface area contributed by atoms with Crippen molar-refractivity contribution in [2.24, 2.45) is 0 Å². The molecule has 1 atom stereocenters. The molecule has 0 aromatic carbocycles. The smallest absolute Gasteiger partial charge is 0.327 e. The molecular formula is C10H15N3O4. The van der Waals surface area contributed by atoms with Crippen molar-refractivity contribution in [1.82, 2.24) is 14.7 Å². The van der Waals surface area contributed by atoms with Gasteiger partial charge in [-0.3, -0.25) is 14.5 Å². The molecule has 4 amide bonds. The Kier molecular flexibility index (Phi) is 3.01. The summed E-state index contributed by atoms with van der Waals surface area (Å²) in [6, 6.07) is -0.442. The Morgan fingerprint density at radius 2 is 2.18 bits per heavy atom. The van der Waals surface area contributed by atoms with Gasteiger partial charge in [0.1, 0.15) is 13.1 Å². The summed E-state index contributed by atoms with van der Waals surface area (Å²) in [6.45, 7) is 0.556. The first-order valence-electron chi connectivity index (χ1n) is 5.50. The van der Waals surface area contributed by atoms with Gasteiger partial charge in [-0.15, -0.1) is 0 Å². The predicted molar refractivity (Wildman–Crippen MR) is 56.9 cm³/mol. The maximum atomic E-state index is 11.8. The number of likely N-dealkylation sites (N-methyl/N-ethyl adjacent to an activating group) is 1. The lowest BCUT2D eigenvalue weighted by Crippen LogP contribution is -2.42. The topological polar surface area (TPSA) is 81.2 Å². The zero-order chi connectivity index (χ0) is 12.6. The van der Waals surface area contributed by atoms with E-state index in [0.717, 1.165) is 4.90 Å². The van der Waals surface area contributed by atoms with Crippen LogP contribution in [0.15, 0.2) is 0 Å². The molecule has 7 nitrogen and oxygen atoms in total. The van der Waals surface area contributed by atoms with E-state index in [-0.39, 0.29) is 31.4 Å². The average Bonchev–Trinajstić information content (AvgIpc) is 2.79. The van der Waals surface area contributed by atoms with Crippen LogP contribution in [0.1, 0.15) is 6.42 Å². The van der Waals surface area contributed by atoms with Crippen LogP contribution >= 0.6 is 0 Å². The molecule has 0 bridgehead atoms. The number of amides is 4. The standard InChI is InChI=1S/C10H15N3O4/c1-11-5-9(16)13(10(11)17)6-8(15)12-3-2-7(14)4-12/h7,14H,2-6H2,1H3. The van der Waals surface area contributed by atoms with Crippen LogP contribution in [0.25, 0.3) is 0 Å². The van der Waals surface area contributed by atoms with Crippen LogP contribution in [-0.4, -0.2) is 77.0 Å². The number of β-amino-alcohol motifs (C(OH)–C–C–N with tert-alkyl or cyclic N) is 1. The first-order valence-corrected chi connectivity index (χ1v) is 5.50. The van der Waals surface area contributed by atoms with Gasteiger partial charge in [0.05, 0.1) is 6.10 Å². The van der Waals surface area contributed by atoms with Crippen LogP contribution in [0.5, 0.6) is 0 Å². The van der Waals surface area contributed by atoms with Crippen molar-refractivity contribution in [3.05, 3.63) is 0 Å². The minimum Gasteiger partial charge on any atom is -0.391 e. The third kappa shape index (κ3) is 2.23. The van der Waals surface area contributed by atoms with Crippen LogP contribution in [0.2, 0.25) is 0 Å². The Hall–Kier alpha value is -1.63. The number of hydrogen-bond donors (Lipinski definition) is 1. The quantitative estimate of drug-likeness (QED) is 0.595. The molecule has 0 spiro atoms. The normalized spacial score (nSPS) is 25.1. The van der Waals surface area contributed by atoms with Gasteiger partial charge in [0, 0.05) is 20.1 Å². The molecule has 94 valence electrons. The second-order valence-corrected chi connectivity index (χ2v) is 4.40. The summed E-state index contributed by atoms with van der Waals surface area (Å²) in [5.74, 6) is -0.649. The Bertz CT molecular complexity index is 371. The molecule has 0 radical (unpaired) electrons. The van der Waals surface area contributed by atoms with Crippen LogP contribution in [0.3, 0.4) is 0 Å². The van der Waals surface area contributed by atoms with E-state index in [1.54, 1.807) is 0 Å². The Morgan fingerprint density at radius 3 is 2.65 bits per heavy atom. The molecule has 2 heterocycles. The number of aliphatic hydroxyl groups excluding tert-OH is 1. The van der Waals surface area contributed by atoms with Crippen LogP contribution in [0.4, 0.5) is 4.79 Å². The molecule has 7 heteroatoms. The summed E-state index contributed by atoms with van der Waals surface area (Å²) in [7, 11) is 1.52. The fourth-order valence-corrected chi connectivity index (χ4v) is 2.03. The zero-order valence-corrected chi connectivity index (χ0v) is 9.63. The summed E-state index contributed by atoms with van der Waals surface area (Å²) >= 11 is 0. The van der Waals surface area contributed by atoms with Crippen molar-refractivity contribution in [3.8, 4) is 0 Å². The maximum Gasteiger partial charge on any atom is 0.327 e. The van der Waals surface area contributed by atoms with Gasteiger partial charge in [0.25, 0.3) is 5.91 Å². The molecule has 1 unspecified atom stereocenters. The van der Waals surface area contributed by atoms with Gasteiger partial charge < -0.3 is 14.9 Å². The van der Waals surface area contributed by atoms with Crippen molar-refractivity contribution in [3.63, 3.8) is 0 Å². The minimum absolute atomic E-state index is 0.0226. The summed E-state index contributed by atoms with van der Waals surface area (Å²) in [6.07, 6.45) is 0.0553. The number of imide groups is 1. The summed E-state index contributed by atoms with van der Waals surface area (Å²) in [5.41, 5.74) is 0. The number of aliphatic hydroxyl groups is 1. The fourth-order valence-electron chi connectivity index (χ4n) is 2.03. The van der Waals surface area contributed by atoms with E-state index in [2.05, 4.69) is 0 Å². The first kappa shape index (κ1) is 11.8. The summed E-state index contributed by atoms with van der Waals surface area (Å²) < 4.78 is 0. The molecule has 2 saturated heterocycles. The Morgan fingerprint density at radius 1 is 1.47 bits per heavy atom. The molecule has 2 aliphatic heterocycles. The highest BCUT2D eigenvalue weighted by Gasteiger charge is 2.36. The predicted octanol–water partition coefficient (Wildman–Crippen LogP) is -1.53. The van der Waals surface area contributed by atoms with E-state index in [9.17, 15) is 19.5 Å². The van der Waals surface area contributed by atoms with Crippen molar-refractivity contribution in [2.45, 2.75) is 12.5 Å². The third-order valence-electron chi connectivity index (χ3n) is 3.04. The Labute approximate surface area is 98.6 Å². The second kappa shape index (κ2) is 4.33. The van der Waals surface area contributed by atoms with Crippen LogP contribution < -0.4 is 0 Å². The highest BCUT2D eigenvalue weighted by molar-refractivity contribution is 6.04. The summed E-state index contributed by atoms with van der Waals surface area (Å²) in [4.78, 5) is 38.5. The fraction of sp³-hybridized carbons (Fsp3) is 0.700. The number of nitrogens with zero attached hydrogens (tertiary/aromatic N) is 3. The number of carbonyl (C=O) groups is 3. The molecule has 17 heavy (non-hydrogen) atoms. The van der Waals surface area contributed by atoms with Crippen molar-refractivity contribution >= 4 is 17.8 Å². The van der Waals surface area contributed by atoms with E-state index in [1.807, 2.05) is 0 Å². The lowest BCUT2D eigenvalue weighted by molar-refractivity contribution is -0.136. The van der Waals surface area contributed by atoms with E-state index in [0.29, 0.717) is 13.0 Å². The largest absolute Gasteiger partial charge is 0.391 e. The number of likely N-dealkylation sites (tertiary alicyclic amines) is 1. The highest BCUT2D eigenvalue weighted by atomic mass is 16.3. The SMILES string of the molecule is CN1CC(=O)N(CC(=O)N2CCC(O)C2)C1=O. The van der Waals surface area contributed by atoms with Gasteiger partial charge in [0.15, 0.2) is 0 Å². The molecule has 0 aliphatic carbocycles. The van der Waals surface area contributed by atoms with Crippen LogP contribution in [0, 0.1) is 0 Å². The number of carbonyl (C=O) groups excluding carboxylic acids is 3. The van der Waals surface area contributed by atoms with Gasteiger partial charge in [0.2, 0.25) is 5.91 Å². The van der Waals surface area contributed by atoms with E-state index in [4.69, 9.17) is 0 Å². The van der Waals surface area contributed by atoms with Gasteiger partial charge in [-0.25, -0.2) is 4.79 Å². The highest BCUT2D eigenvalue weighted by Crippen LogP contribution is 2.12. The molecule has 0 aromatic heterocycles. The van der Waals surface area contributed by atoms with Crippen molar-refractivity contribution in [1.29, 1.82) is 0 Å². The van der Waals surface area contributed by atoms with E-state index >= 15 is 0 Å². The van der Waals surface area contributed by atoms with Gasteiger partial charge in [-0.2, -0.15) is 0 Å². The molecule has 0 saturated carbocycles. The number of hydrogen-bond acceptors (Lipinski definition) is 4. The van der Waals surface area contributed by atoms with Crippen molar-refractivity contribution in [2.75, 3.05) is 33.2 Å². The second-order valence-electron chi connectivity index (χ2n) is 4.40.